The van der Waals surface area contributed by atoms with Crippen molar-refractivity contribution in [3.8, 4) is 0 Å². The molecule has 1 amide bonds. The number of hydrogen-bond donors (Lipinski definition) is 2. The Bertz CT molecular complexity index is 375. The van der Waals surface area contributed by atoms with Gasteiger partial charge in [-0.05, 0) is 32.4 Å². The van der Waals surface area contributed by atoms with Gasteiger partial charge in [-0.1, -0.05) is 12.1 Å². The summed E-state index contributed by atoms with van der Waals surface area (Å²) in [4.78, 5) is 14.3. The molecule has 1 aliphatic heterocycles. The van der Waals surface area contributed by atoms with E-state index in [9.17, 15) is 4.79 Å². The lowest BCUT2D eigenvalue weighted by molar-refractivity contribution is -0.154. The summed E-state index contributed by atoms with van der Waals surface area (Å²) in [6.07, 6.45) is 3.94. The van der Waals surface area contributed by atoms with Crippen LogP contribution in [-0.2, 0) is 9.53 Å². The van der Waals surface area contributed by atoms with Gasteiger partial charge in [-0.15, -0.1) is 0 Å². The molecule has 0 radical (unpaired) electrons. The molecule has 1 aliphatic rings. The Kier molecular flexibility index (Phi) is 5.70. The van der Waals surface area contributed by atoms with Gasteiger partial charge in [0.15, 0.2) is 5.84 Å². The number of nitrogens with two attached hydrogens (primary N) is 1. The summed E-state index contributed by atoms with van der Waals surface area (Å²) in [6.45, 7) is 4.94. The molecule has 1 saturated heterocycles. The van der Waals surface area contributed by atoms with Crippen LogP contribution in [0, 0.1) is 0 Å². The molecule has 116 valence electrons. The van der Waals surface area contributed by atoms with E-state index in [0.29, 0.717) is 32.4 Å². The van der Waals surface area contributed by atoms with Crippen LogP contribution in [0.3, 0.4) is 0 Å². The maximum Gasteiger partial charge on any atom is 0.254 e. The molecule has 0 saturated carbocycles. The van der Waals surface area contributed by atoms with Gasteiger partial charge in [0.05, 0.1) is 4.75 Å². The molecule has 0 aromatic carbocycles. The topological polar surface area (TPSA) is 88.2 Å². The van der Waals surface area contributed by atoms with Crippen LogP contribution in [0.4, 0.5) is 0 Å². The van der Waals surface area contributed by atoms with Crippen molar-refractivity contribution in [2.24, 2.45) is 10.9 Å². The zero-order valence-corrected chi connectivity index (χ0v) is 13.5. The Labute approximate surface area is 124 Å². The summed E-state index contributed by atoms with van der Waals surface area (Å²) in [7, 11) is 1.56. The summed E-state index contributed by atoms with van der Waals surface area (Å²) >= 11 is 1.57. The molecule has 3 N–H and O–H groups in total. The van der Waals surface area contributed by atoms with Crippen LogP contribution in [0.25, 0.3) is 0 Å². The van der Waals surface area contributed by atoms with Crippen molar-refractivity contribution in [2.45, 2.75) is 43.5 Å². The molecule has 0 aromatic rings. The van der Waals surface area contributed by atoms with E-state index < -0.39 is 5.60 Å². The largest absolute Gasteiger partial charge is 0.409 e. The molecule has 7 heteroatoms. The number of ether oxygens (including phenoxy) is 1. The standard InChI is InChI=1S/C13H25N3O3S/c1-5-12(2,19-3)11(17)16-8-6-13(20-4,7-9-16)10(14)15-18/h18H,5-9H2,1-4H3,(H2,14,15). The number of carbonyl (C=O) groups excluding carboxylic acids is 1. The quantitative estimate of drug-likeness (QED) is 0.346. The van der Waals surface area contributed by atoms with Crippen molar-refractivity contribution in [1.82, 2.24) is 4.90 Å². The van der Waals surface area contributed by atoms with E-state index in [-0.39, 0.29) is 16.5 Å². The number of hydrogen-bond acceptors (Lipinski definition) is 5. The molecule has 20 heavy (non-hydrogen) atoms. The second kappa shape index (κ2) is 6.67. The number of rotatable bonds is 5. The number of oxime groups is 1. The molecular formula is C13H25N3O3S. The van der Waals surface area contributed by atoms with Crippen molar-refractivity contribution in [2.75, 3.05) is 26.5 Å². The van der Waals surface area contributed by atoms with Gasteiger partial charge in [0.1, 0.15) is 5.60 Å². The number of amidine groups is 1. The minimum absolute atomic E-state index is 0.0108. The molecule has 0 aliphatic carbocycles. The first-order chi connectivity index (χ1) is 9.39. The summed E-state index contributed by atoms with van der Waals surface area (Å²) < 4.78 is 4.99. The lowest BCUT2D eigenvalue weighted by Crippen LogP contribution is -2.55. The maximum absolute atomic E-state index is 12.5. The number of thioether (sulfide) groups is 1. The van der Waals surface area contributed by atoms with E-state index in [1.165, 1.54) is 0 Å². The average Bonchev–Trinajstić information content (AvgIpc) is 2.52. The highest BCUT2D eigenvalue weighted by molar-refractivity contribution is 8.00. The van der Waals surface area contributed by atoms with Crippen molar-refractivity contribution < 1.29 is 14.7 Å². The Hall–Kier alpha value is -0.950. The summed E-state index contributed by atoms with van der Waals surface area (Å²) in [5.41, 5.74) is 5.04. The highest BCUT2D eigenvalue weighted by atomic mass is 32.2. The number of piperidine rings is 1. The maximum atomic E-state index is 12.5. The highest BCUT2D eigenvalue weighted by Gasteiger charge is 2.42. The number of amides is 1. The van der Waals surface area contributed by atoms with Crippen LogP contribution < -0.4 is 5.73 Å². The second-order valence-corrected chi connectivity index (χ2v) is 6.45. The van der Waals surface area contributed by atoms with Crippen molar-refractivity contribution in [3.05, 3.63) is 0 Å². The van der Waals surface area contributed by atoms with Crippen LogP contribution in [-0.4, -0.2) is 58.7 Å². The van der Waals surface area contributed by atoms with Gasteiger partial charge in [0.2, 0.25) is 0 Å². The Morgan fingerprint density at radius 3 is 2.45 bits per heavy atom. The molecule has 0 aromatic heterocycles. The zero-order valence-electron chi connectivity index (χ0n) is 12.7. The predicted molar refractivity (Wildman–Crippen MR) is 81.2 cm³/mol. The fourth-order valence-corrected chi connectivity index (χ4v) is 3.29. The van der Waals surface area contributed by atoms with Gasteiger partial charge in [-0.3, -0.25) is 4.79 Å². The minimum Gasteiger partial charge on any atom is -0.409 e. The number of nitrogens with zero attached hydrogens (tertiary/aromatic N) is 2. The predicted octanol–water partition coefficient (Wildman–Crippen LogP) is 1.27. The summed E-state index contributed by atoms with van der Waals surface area (Å²) in [5, 5.41) is 12.1. The third-order valence-electron chi connectivity index (χ3n) is 4.40. The molecule has 1 heterocycles. The smallest absolute Gasteiger partial charge is 0.254 e. The van der Waals surface area contributed by atoms with Gasteiger partial charge in [-0.2, -0.15) is 11.8 Å². The minimum atomic E-state index is -0.768. The van der Waals surface area contributed by atoms with E-state index in [1.807, 2.05) is 25.0 Å². The molecule has 1 rings (SSSR count). The fraction of sp³-hybridized carbons (Fsp3) is 0.846. The fourth-order valence-electron chi connectivity index (χ4n) is 2.44. The van der Waals surface area contributed by atoms with E-state index in [4.69, 9.17) is 15.7 Å². The van der Waals surface area contributed by atoms with Gasteiger partial charge in [0.25, 0.3) is 5.91 Å². The van der Waals surface area contributed by atoms with E-state index in [1.54, 1.807) is 18.9 Å². The second-order valence-electron chi connectivity index (χ2n) is 5.26. The van der Waals surface area contributed by atoms with E-state index in [0.717, 1.165) is 0 Å². The molecule has 0 bridgehead atoms. The molecular weight excluding hydrogens is 278 g/mol. The number of likely N-dealkylation sites (tertiary alicyclic amines) is 1. The Balaban J connectivity index is 2.78. The van der Waals surface area contributed by atoms with E-state index >= 15 is 0 Å². The van der Waals surface area contributed by atoms with Crippen LogP contribution in [0.5, 0.6) is 0 Å². The SMILES string of the molecule is CCC(C)(OC)C(=O)N1CCC(SC)(C(N)=NO)CC1. The lowest BCUT2D eigenvalue weighted by Gasteiger charge is -2.42. The normalized spacial score (nSPS) is 22.4. The highest BCUT2D eigenvalue weighted by Crippen LogP contribution is 2.35. The summed E-state index contributed by atoms with van der Waals surface area (Å²) in [5.74, 6) is 0.249. The molecule has 6 nitrogen and oxygen atoms in total. The Morgan fingerprint density at radius 2 is 2.10 bits per heavy atom. The Morgan fingerprint density at radius 1 is 1.55 bits per heavy atom. The van der Waals surface area contributed by atoms with Gasteiger partial charge in [-0.25, -0.2) is 0 Å². The molecule has 1 atom stereocenters. The first-order valence-corrected chi connectivity index (χ1v) is 7.99. The van der Waals surface area contributed by atoms with Crippen LogP contribution in [0.15, 0.2) is 5.16 Å². The molecule has 1 fully saturated rings. The summed E-state index contributed by atoms with van der Waals surface area (Å²) in [6, 6.07) is 0. The third kappa shape index (κ3) is 3.03. The number of carbonyl (C=O) groups is 1. The van der Waals surface area contributed by atoms with Gasteiger partial charge in [0, 0.05) is 20.2 Å². The van der Waals surface area contributed by atoms with Gasteiger partial charge >= 0.3 is 0 Å². The lowest BCUT2D eigenvalue weighted by atomic mass is 9.92. The number of methoxy groups -OCH3 is 1. The zero-order chi connectivity index (χ0) is 15.4. The van der Waals surface area contributed by atoms with Crippen LogP contribution in [0.2, 0.25) is 0 Å². The van der Waals surface area contributed by atoms with Crippen LogP contribution >= 0.6 is 11.8 Å². The van der Waals surface area contributed by atoms with Crippen molar-refractivity contribution >= 4 is 23.5 Å². The van der Waals surface area contributed by atoms with Crippen molar-refractivity contribution in [3.63, 3.8) is 0 Å². The van der Waals surface area contributed by atoms with Gasteiger partial charge < -0.3 is 20.6 Å². The van der Waals surface area contributed by atoms with Crippen LogP contribution in [0.1, 0.15) is 33.1 Å². The van der Waals surface area contributed by atoms with Crippen molar-refractivity contribution in [1.29, 1.82) is 0 Å². The van der Waals surface area contributed by atoms with E-state index in [2.05, 4.69) is 5.16 Å². The monoisotopic (exact) mass is 303 g/mol. The average molecular weight is 303 g/mol. The third-order valence-corrected chi connectivity index (χ3v) is 5.80. The first-order valence-electron chi connectivity index (χ1n) is 6.76. The molecule has 1 unspecified atom stereocenters. The first kappa shape index (κ1) is 17.1. The molecule has 0 spiro atoms.